The molecule has 0 radical (unpaired) electrons. The Bertz CT molecular complexity index is 445. The van der Waals surface area contributed by atoms with Crippen molar-refractivity contribution >= 4 is 29.1 Å². The lowest BCUT2D eigenvalue weighted by Gasteiger charge is -2.09. The van der Waals surface area contributed by atoms with Crippen LogP contribution in [0, 0.1) is 5.92 Å². The Hall–Kier alpha value is -0.800. The molecule has 1 N–H and O–H groups in total. The van der Waals surface area contributed by atoms with Crippen LogP contribution in [0.2, 0.25) is 10.2 Å². The molecule has 1 heterocycles. The highest BCUT2D eigenvalue weighted by Gasteiger charge is 2.14. The second-order valence-corrected chi connectivity index (χ2v) is 5.81. The fourth-order valence-electron chi connectivity index (χ4n) is 2.54. The molecule has 0 spiro atoms. The zero-order chi connectivity index (χ0) is 13.7. The van der Waals surface area contributed by atoms with Crippen molar-refractivity contribution < 1.29 is 4.79 Å². The average molecular weight is 301 g/mol. The maximum absolute atomic E-state index is 11.9. The van der Waals surface area contributed by atoms with Crippen LogP contribution in [0.3, 0.4) is 0 Å². The first-order chi connectivity index (χ1) is 9.16. The number of nitrogens with zero attached hydrogens (tertiary/aromatic N) is 1. The number of nitrogens with one attached hydrogen (secondary N) is 1. The second kappa shape index (κ2) is 7.11. The third kappa shape index (κ3) is 4.36. The number of carbonyl (C=O) groups is 1. The summed E-state index contributed by atoms with van der Waals surface area (Å²) in [5.74, 6) is 0.723. The first kappa shape index (κ1) is 14.6. The molecule has 19 heavy (non-hydrogen) atoms. The van der Waals surface area contributed by atoms with Crippen LogP contribution in [0.5, 0.6) is 0 Å². The molecule has 1 fully saturated rings. The largest absolute Gasteiger partial charge is 0.352 e. The van der Waals surface area contributed by atoms with Gasteiger partial charge >= 0.3 is 0 Å². The van der Waals surface area contributed by atoms with E-state index in [0.29, 0.717) is 17.1 Å². The Morgan fingerprint density at radius 1 is 1.37 bits per heavy atom. The number of rotatable bonds is 5. The number of amides is 1. The summed E-state index contributed by atoms with van der Waals surface area (Å²) in [5, 5.41) is 3.42. The van der Waals surface area contributed by atoms with Crippen LogP contribution in [-0.4, -0.2) is 17.4 Å². The van der Waals surface area contributed by atoms with Crippen LogP contribution in [0.4, 0.5) is 0 Å². The molecule has 0 aromatic carbocycles. The van der Waals surface area contributed by atoms with E-state index in [-0.39, 0.29) is 11.1 Å². The fourth-order valence-corrected chi connectivity index (χ4v) is 2.81. The average Bonchev–Trinajstić information content (AvgIpc) is 2.91. The Balaban J connectivity index is 1.72. The summed E-state index contributed by atoms with van der Waals surface area (Å²) in [6.07, 6.45) is 9.12. The fraction of sp³-hybridized carbons (Fsp3) is 0.571. The first-order valence-electron chi connectivity index (χ1n) is 6.76. The summed E-state index contributed by atoms with van der Waals surface area (Å²) in [5.41, 5.74) is 0.454. The van der Waals surface area contributed by atoms with E-state index >= 15 is 0 Å². The Morgan fingerprint density at radius 3 is 2.79 bits per heavy atom. The summed E-state index contributed by atoms with van der Waals surface area (Å²) in [6.45, 7) is 0.704. The third-order valence-corrected chi connectivity index (χ3v) is 4.29. The molecule has 1 aromatic heterocycles. The number of halogens is 2. The molecule has 1 aliphatic carbocycles. The zero-order valence-corrected chi connectivity index (χ0v) is 12.3. The van der Waals surface area contributed by atoms with Crippen LogP contribution >= 0.6 is 23.2 Å². The number of pyridine rings is 1. The Kier molecular flexibility index (Phi) is 5.46. The van der Waals surface area contributed by atoms with E-state index < -0.39 is 0 Å². The third-order valence-electron chi connectivity index (χ3n) is 3.61. The highest BCUT2D eigenvalue weighted by Crippen LogP contribution is 2.28. The van der Waals surface area contributed by atoms with E-state index in [4.69, 9.17) is 23.2 Å². The van der Waals surface area contributed by atoms with Crippen molar-refractivity contribution in [1.29, 1.82) is 0 Å². The van der Waals surface area contributed by atoms with Gasteiger partial charge < -0.3 is 5.32 Å². The van der Waals surface area contributed by atoms with E-state index in [2.05, 4.69) is 10.3 Å². The smallest absolute Gasteiger partial charge is 0.252 e. The molecule has 0 saturated heterocycles. The van der Waals surface area contributed by atoms with Gasteiger partial charge in [-0.25, -0.2) is 4.98 Å². The molecule has 1 aromatic rings. The van der Waals surface area contributed by atoms with Crippen LogP contribution in [0.1, 0.15) is 48.9 Å². The maximum Gasteiger partial charge on any atom is 0.252 e. The molecule has 0 atom stereocenters. The SMILES string of the molecule is O=C(NCCCC1CCCC1)c1cnc(Cl)c(Cl)c1. The van der Waals surface area contributed by atoms with Gasteiger partial charge in [0.25, 0.3) is 5.91 Å². The van der Waals surface area contributed by atoms with Crippen LogP contribution in [0.15, 0.2) is 12.3 Å². The van der Waals surface area contributed by atoms with Gasteiger partial charge in [-0.15, -0.1) is 0 Å². The number of aromatic nitrogens is 1. The Morgan fingerprint density at radius 2 is 2.11 bits per heavy atom. The van der Waals surface area contributed by atoms with Crippen molar-refractivity contribution in [3.05, 3.63) is 28.0 Å². The molecule has 1 amide bonds. The van der Waals surface area contributed by atoms with Gasteiger partial charge in [-0.2, -0.15) is 0 Å². The highest BCUT2D eigenvalue weighted by molar-refractivity contribution is 6.41. The quantitative estimate of drug-likeness (QED) is 0.657. The standard InChI is InChI=1S/C14H18Cl2N2O/c15-12-8-11(9-18-13(12)16)14(19)17-7-3-6-10-4-1-2-5-10/h8-10H,1-7H2,(H,17,19). The van der Waals surface area contributed by atoms with E-state index in [1.807, 2.05) is 0 Å². The van der Waals surface area contributed by atoms with Gasteiger partial charge in [0.15, 0.2) is 0 Å². The molecule has 5 heteroatoms. The lowest BCUT2D eigenvalue weighted by molar-refractivity contribution is 0.0952. The molecular formula is C14H18Cl2N2O. The Labute approximate surface area is 123 Å². The molecule has 2 rings (SSSR count). The molecule has 104 valence electrons. The van der Waals surface area contributed by atoms with Gasteiger partial charge in [0, 0.05) is 12.7 Å². The second-order valence-electron chi connectivity index (χ2n) is 5.05. The van der Waals surface area contributed by atoms with Gasteiger partial charge in [0.05, 0.1) is 10.6 Å². The summed E-state index contributed by atoms with van der Waals surface area (Å²) in [4.78, 5) is 15.7. The van der Waals surface area contributed by atoms with Gasteiger partial charge in [0.1, 0.15) is 5.15 Å². The molecule has 3 nitrogen and oxygen atoms in total. The van der Waals surface area contributed by atoms with Gasteiger partial charge in [-0.3, -0.25) is 4.79 Å². The molecule has 0 aliphatic heterocycles. The van der Waals surface area contributed by atoms with Gasteiger partial charge in [-0.1, -0.05) is 48.9 Å². The molecule has 0 bridgehead atoms. The number of carbonyl (C=O) groups excluding carboxylic acids is 1. The van der Waals surface area contributed by atoms with E-state index in [1.54, 1.807) is 6.07 Å². The van der Waals surface area contributed by atoms with E-state index in [0.717, 1.165) is 12.3 Å². The molecular weight excluding hydrogens is 283 g/mol. The van der Waals surface area contributed by atoms with Crippen molar-refractivity contribution in [2.45, 2.75) is 38.5 Å². The maximum atomic E-state index is 11.9. The van der Waals surface area contributed by atoms with Crippen molar-refractivity contribution in [2.75, 3.05) is 6.54 Å². The zero-order valence-electron chi connectivity index (χ0n) is 10.8. The predicted molar refractivity (Wildman–Crippen MR) is 77.8 cm³/mol. The first-order valence-corrected chi connectivity index (χ1v) is 7.51. The van der Waals surface area contributed by atoms with Crippen molar-refractivity contribution in [3.8, 4) is 0 Å². The van der Waals surface area contributed by atoms with Crippen molar-refractivity contribution in [3.63, 3.8) is 0 Å². The normalized spacial score (nSPS) is 15.7. The minimum Gasteiger partial charge on any atom is -0.352 e. The molecule has 0 unspecified atom stereocenters. The number of hydrogen-bond acceptors (Lipinski definition) is 2. The van der Waals surface area contributed by atoms with E-state index in [9.17, 15) is 4.79 Å². The van der Waals surface area contributed by atoms with Crippen molar-refractivity contribution in [1.82, 2.24) is 10.3 Å². The molecule has 1 saturated carbocycles. The topological polar surface area (TPSA) is 42.0 Å². The highest BCUT2D eigenvalue weighted by atomic mass is 35.5. The summed E-state index contributed by atoms with van der Waals surface area (Å²) >= 11 is 11.5. The summed E-state index contributed by atoms with van der Waals surface area (Å²) in [6, 6.07) is 1.54. The minimum absolute atomic E-state index is 0.141. The summed E-state index contributed by atoms with van der Waals surface area (Å²) in [7, 11) is 0. The van der Waals surface area contributed by atoms with Gasteiger partial charge in [-0.05, 0) is 24.8 Å². The lowest BCUT2D eigenvalue weighted by atomic mass is 10.0. The lowest BCUT2D eigenvalue weighted by Crippen LogP contribution is -2.24. The predicted octanol–water partition coefficient (Wildman–Crippen LogP) is 4.09. The number of hydrogen-bond donors (Lipinski definition) is 1. The van der Waals surface area contributed by atoms with Crippen LogP contribution < -0.4 is 5.32 Å². The monoisotopic (exact) mass is 300 g/mol. The van der Waals surface area contributed by atoms with Crippen molar-refractivity contribution in [2.24, 2.45) is 5.92 Å². The van der Waals surface area contributed by atoms with Gasteiger partial charge in [0.2, 0.25) is 0 Å². The van der Waals surface area contributed by atoms with Crippen LogP contribution in [0.25, 0.3) is 0 Å². The molecule has 1 aliphatic rings. The van der Waals surface area contributed by atoms with E-state index in [1.165, 1.54) is 38.3 Å². The van der Waals surface area contributed by atoms with Crippen LogP contribution in [-0.2, 0) is 0 Å². The summed E-state index contributed by atoms with van der Waals surface area (Å²) < 4.78 is 0. The minimum atomic E-state index is -0.141.